The highest BCUT2D eigenvalue weighted by Gasteiger charge is 2.36. The van der Waals surface area contributed by atoms with Crippen molar-refractivity contribution < 1.29 is 10.2 Å². The van der Waals surface area contributed by atoms with Gasteiger partial charge < -0.3 is 25.8 Å². The van der Waals surface area contributed by atoms with Crippen LogP contribution in [0, 0.1) is 0 Å². The summed E-state index contributed by atoms with van der Waals surface area (Å²) in [4.78, 5) is 13.9. The Morgan fingerprint density at radius 3 is 2.63 bits per heavy atom. The largest absolute Gasteiger partial charge is 0.508 e. The summed E-state index contributed by atoms with van der Waals surface area (Å²) in [5.41, 5.74) is 8.43. The summed E-state index contributed by atoms with van der Waals surface area (Å²) in [7, 11) is 0. The molecule has 1 saturated heterocycles. The van der Waals surface area contributed by atoms with Gasteiger partial charge in [-0.3, -0.25) is 10.1 Å². The van der Waals surface area contributed by atoms with Crippen molar-refractivity contribution in [3.05, 3.63) is 98.8 Å². The van der Waals surface area contributed by atoms with E-state index in [1.807, 2.05) is 37.3 Å². The second-order valence-electron chi connectivity index (χ2n) is 9.27. The summed E-state index contributed by atoms with van der Waals surface area (Å²) in [5, 5.41) is 29.0. The Kier molecular flexibility index (Phi) is 5.92. The standard InChI is InChI=1S/C27H27ClN4O3/c1-27(17-5-8-20(33)9-6-17)15-30-13-22(31-27)24-25(34)21-10-7-18(28)12-23(21)32(26(24)35)14-16-3-2-4-19(29)11-16/h2-12,22,30-31,33-34H,13-15,29H2,1H3. The van der Waals surface area contributed by atoms with Crippen LogP contribution >= 0.6 is 11.6 Å². The molecule has 5 rings (SSSR count). The Hall–Kier alpha value is -3.52. The molecule has 35 heavy (non-hydrogen) atoms. The first-order valence-corrected chi connectivity index (χ1v) is 11.8. The fourth-order valence-corrected chi connectivity index (χ4v) is 5.08. The van der Waals surface area contributed by atoms with E-state index in [-0.39, 0.29) is 23.6 Å². The minimum absolute atomic E-state index is 0.0558. The Morgan fingerprint density at radius 2 is 1.89 bits per heavy atom. The number of fused-ring (bicyclic) bond motifs is 1. The predicted octanol–water partition coefficient (Wildman–Crippen LogP) is 3.85. The van der Waals surface area contributed by atoms with Gasteiger partial charge in [-0.15, -0.1) is 0 Å². The summed E-state index contributed by atoms with van der Waals surface area (Å²) >= 11 is 6.27. The highest BCUT2D eigenvalue weighted by atomic mass is 35.5. The van der Waals surface area contributed by atoms with Crippen LogP contribution in [-0.2, 0) is 12.1 Å². The lowest BCUT2D eigenvalue weighted by Crippen LogP contribution is -2.57. The number of phenolic OH excluding ortho intramolecular Hbond substituents is 1. The number of aromatic hydroxyl groups is 2. The molecular formula is C27H27ClN4O3. The molecule has 6 N–H and O–H groups in total. The van der Waals surface area contributed by atoms with Crippen molar-refractivity contribution in [2.24, 2.45) is 0 Å². The highest BCUT2D eigenvalue weighted by Crippen LogP contribution is 2.35. The SMILES string of the molecule is CC1(c2ccc(O)cc2)CNCC(c2c(O)c3ccc(Cl)cc3n(Cc3cccc(N)c3)c2=O)N1. The van der Waals surface area contributed by atoms with Gasteiger partial charge in [0.25, 0.3) is 5.56 Å². The number of hydrogen-bond donors (Lipinski definition) is 5. The number of pyridine rings is 1. The van der Waals surface area contributed by atoms with Crippen molar-refractivity contribution in [2.75, 3.05) is 18.8 Å². The first kappa shape index (κ1) is 23.2. The van der Waals surface area contributed by atoms with Gasteiger partial charge in [0.05, 0.1) is 29.2 Å². The number of anilines is 1. The van der Waals surface area contributed by atoms with E-state index in [0.717, 1.165) is 11.1 Å². The molecule has 3 aromatic carbocycles. The van der Waals surface area contributed by atoms with E-state index in [1.54, 1.807) is 41.0 Å². The molecule has 7 nitrogen and oxygen atoms in total. The van der Waals surface area contributed by atoms with Crippen LogP contribution < -0.4 is 21.9 Å². The van der Waals surface area contributed by atoms with Crippen LogP contribution in [0.25, 0.3) is 10.9 Å². The van der Waals surface area contributed by atoms with Crippen LogP contribution in [0.2, 0.25) is 5.02 Å². The number of nitrogens with zero attached hydrogens (tertiary/aromatic N) is 1. The number of rotatable bonds is 4. The van der Waals surface area contributed by atoms with Crippen LogP contribution in [0.1, 0.15) is 29.7 Å². The lowest BCUT2D eigenvalue weighted by atomic mass is 9.87. The van der Waals surface area contributed by atoms with Crippen molar-refractivity contribution in [1.29, 1.82) is 0 Å². The van der Waals surface area contributed by atoms with Crippen LogP contribution in [0.3, 0.4) is 0 Å². The normalized spacial score (nSPS) is 20.2. The minimum Gasteiger partial charge on any atom is -0.508 e. The summed E-state index contributed by atoms with van der Waals surface area (Å²) in [5.74, 6) is 0.132. The Labute approximate surface area is 207 Å². The molecule has 2 heterocycles. The molecule has 1 fully saturated rings. The molecule has 1 aromatic heterocycles. The third kappa shape index (κ3) is 4.34. The number of piperazine rings is 1. The van der Waals surface area contributed by atoms with Gasteiger partial charge in [-0.1, -0.05) is 35.9 Å². The van der Waals surface area contributed by atoms with Crippen LogP contribution in [0.5, 0.6) is 11.5 Å². The highest BCUT2D eigenvalue weighted by molar-refractivity contribution is 6.31. The van der Waals surface area contributed by atoms with E-state index in [9.17, 15) is 15.0 Å². The summed E-state index contributed by atoms with van der Waals surface area (Å²) in [6, 6.07) is 19.1. The molecule has 0 aliphatic carbocycles. The number of halogens is 1. The molecule has 8 heteroatoms. The molecule has 0 amide bonds. The van der Waals surface area contributed by atoms with E-state index in [2.05, 4.69) is 10.6 Å². The van der Waals surface area contributed by atoms with E-state index >= 15 is 0 Å². The molecule has 1 aliphatic rings. The second kappa shape index (κ2) is 8.92. The molecule has 0 radical (unpaired) electrons. The topological polar surface area (TPSA) is 113 Å². The van der Waals surface area contributed by atoms with Crippen LogP contribution in [0.4, 0.5) is 5.69 Å². The third-order valence-corrected chi connectivity index (χ3v) is 6.94. The van der Waals surface area contributed by atoms with Gasteiger partial charge in [0.1, 0.15) is 11.5 Å². The minimum atomic E-state index is -0.525. The molecule has 0 saturated carbocycles. The molecule has 2 unspecified atom stereocenters. The fraction of sp³-hybridized carbons (Fsp3) is 0.222. The smallest absolute Gasteiger partial charge is 0.259 e. The average molecular weight is 491 g/mol. The average Bonchev–Trinajstić information content (AvgIpc) is 2.82. The molecule has 2 atom stereocenters. The second-order valence-corrected chi connectivity index (χ2v) is 9.70. The Bertz CT molecular complexity index is 1470. The van der Waals surface area contributed by atoms with Crippen molar-refractivity contribution in [3.63, 3.8) is 0 Å². The summed E-state index contributed by atoms with van der Waals surface area (Å²) in [6.45, 7) is 3.40. The summed E-state index contributed by atoms with van der Waals surface area (Å²) in [6.07, 6.45) is 0. The monoisotopic (exact) mass is 490 g/mol. The number of nitrogens with one attached hydrogen (secondary N) is 2. The first-order chi connectivity index (χ1) is 16.7. The van der Waals surface area contributed by atoms with Gasteiger partial charge in [0, 0.05) is 29.2 Å². The Balaban J connectivity index is 1.64. The maximum atomic E-state index is 13.9. The van der Waals surface area contributed by atoms with Gasteiger partial charge in [-0.05, 0) is 60.5 Å². The third-order valence-electron chi connectivity index (χ3n) is 6.70. The maximum absolute atomic E-state index is 13.9. The number of benzene rings is 3. The number of nitrogen functional groups attached to an aromatic ring is 1. The molecule has 0 spiro atoms. The number of phenols is 1. The van der Waals surface area contributed by atoms with Gasteiger partial charge >= 0.3 is 0 Å². The van der Waals surface area contributed by atoms with E-state index < -0.39 is 11.6 Å². The Morgan fingerprint density at radius 1 is 1.11 bits per heavy atom. The predicted molar refractivity (Wildman–Crippen MR) is 139 cm³/mol. The van der Waals surface area contributed by atoms with Gasteiger partial charge in [0.15, 0.2) is 0 Å². The van der Waals surface area contributed by atoms with Crippen molar-refractivity contribution in [2.45, 2.75) is 25.0 Å². The maximum Gasteiger partial charge on any atom is 0.259 e. The molecule has 4 aromatic rings. The fourth-order valence-electron chi connectivity index (χ4n) is 4.92. The number of hydrogen-bond acceptors (Lipinski definition) is 6. The molecule has 1 aliphatic heterocycles. The van der Waals surface area contributed by atoms with Crippen molar-refractivity contribution in [3.8, 4) is 11.5 Å². The zero-order valence-electron chi connectivity index (χ0n) is 19.3. The van der Waals surface area contributed by atoms with Gasteiger partial charge in [0.2, 0.25) is 0 Å². The van der Waals surface area contributed by atoms with Gasteiger partial charge in [-0.2, -0.15) is 0 Å². The first-order valence-electron chi connectivity index (χ1n) is 11.4. The number of aromatic nitrogens is 1. The van der Waals surface area contributed by atoms with Gasteiger partial charge in [-0.25, -0.2) is 0 Å². The zero-order chi connectivity index (χ0) is 24.7. The van der Waals surface area contributed by atoms with Crippen molar-refractivity contribution >= 4 is 28.2 Å². The quantitative estimate of drug-likeness (QED) is 0.278. The number of nitrogens with two attached hydrogens (primary N) is 1. The van der Waals surface area contributed by atoms with Crippen LogP contribution in [-0.4, -0.2) is 27.9 Å². The van der Waals surface area contributed by atoms with E-state index in [1.165, 1.54) is 0 Å². The lowest BCUT2D eigenvalue weighted by Gasteiger charge is -2.41. The van der Waals surface area contributed by atoms with Crippen LogP contribution in [0.15, 0.2) is 71.5 Å². The zero-order valence-corrected chi connectivity index (χ0v) is 20.0. The molecule has 180 valence electrons. The molecular weight excluding hydrogens is 464 g/mol. The van der Waals surface area contributed by atoms with E-state index in [0.29, 0.717) is 40.3 Å². The summed E-state index contributed by atoms with van der Waals surface area (Å²) < 4.78 is 1.64. The lowest BCUT2D eigenvalue weighted by molar-refractivity contribution is 0.242. The van der Waals surface area contributed by atoms with E-state index in [4.69, 9.17) is 17.3 Å². The van der Waals surface area contributed by atoms with Crippen molar-refractivity contribution in [1.82, 2.24) is 15.2 Å². The molecule has 0 bridgehead atoms.